The van der Waals surface area contributed by atoms with Gasteiger partial charge in [0.25, 0.3) is 0 Å². The first kappa shape index (κ1) is 17.0. The van der Waals surface area contributed by atoms with Crippen molar-refractivity contribution in [3.8, 4) is 0 Å². The van der Waals surface area contributed by atoms with Crippen molar-refractivity contribution in [3.05, 3.63) is 0 Å². The number of carbonyl (C=O) groups excluding carboxylic acids is 2. The average Bonchev–Trinajstić information content (AvgIpc) is 2.42. The number of hydrogen-bond acceptors (Lipinski definition) is 3. The van der Waals surface area contributed by atoms with Crippen molar-refractivity contribution in [3.63, 3.8) is 0 Å². The van der Waals surface area contributed by atoms with E-state index in [1.165, 1.54) is 0 Å². The van der Waals surface area contributed by atoms with Crippen molar-refractivity contribution in [1.29, 1.82) is 0 Å². The molecule has 0 aromatic carbocycles. The SMILES string of the molecule is CCN(CC)C(=O)CN(C)C(=O)CN1CCC(C)CC1. The van der Waals surface area contributed by atoms with Gasteiger partial charge >= 0.3 is 0 Å². The highest BCUT2D eigenvalue weighted by Gasteiger charge is 2.21. The third kappa shape index (κ3) is 5.12. The fraction of sp³-hybridized carbons (Fsp3) is 0.867. The summed E-state index contributed by atoms with van der Waals surface area (Å²) in [6.07, 6.45) is 2.32. The molecule has 0 unspecified atom stereocenters. The van der Waals surface area contributed by atoms with E-state index in [9.17, 15) is 9.59 Å². The number of likely N-dealkylation sites (N-methyl/N-ethyl adjacent to an activating group) is 2. The molecule has 0 bridgehead atoms. The molecular formula is C15H29N3O2. The predicted molar refractivity (Wildman–Crippen MR) is 80.4 cm³/mol. The van der Waals surface area contributed by atoms with Gasteiger partial charge in [0.15, 0.2) is 0 Å². The first-order valence-electron chi connectivity index (χ1n) is 7.72. The van der Waals surface area contributed by atoms with E-state index in [4.69, 9.17) is 0 Å². The third-order valence-electron chi connectivity index (χ3n) is 4.15. The highest BCUT2D eigenvalue weighted by Crippen LogP contribution is 2.15. The van der Waals surface area contributed by atoms with Gasteiger partial charge < -0.3 is 9.80 Å². The van der Waals surface area contributed by atoms with Crippen molar-refractivity contribution in [2.75, 3.05) is 46.3 Å². The summed E-state index contributed by atoms with van der Waals surface area (Å²) in [5, 5.41) is 0. The molecule has 116 valence electrons. The minimum atomic E-state index is 0.0260. The number of rotatable bonds is 6. The van der Waals surface area contributed by atoms with E-state index >= 15 is 0 Å². The van der Waals surface area contributed by atoms with Crippen LogP contribution in [0.4, 0.5) is 0 Å². The number of piperidine rings is 1. The van der Waals surface area contributed by atoms with Crippen molar-refractivity contribution in [1.82, 2.24) is 14.7 Å². The predicted octanol–water partition coefficient (Wildman–Crippen LogP) is 1.05. The number of nitrogens with zero attached hydrogens (tertiary/aromatic N) is 3. The van der Waals surface area contributed by atoms with Crippen LogP contribution in [-0.2, 0) is 9.59 Å². The van der Waals surface area contributed by atoms with E-state index in [2.05, 4.69) is 11.8 Å². The van der Waals surface area contributed by atoms with Gasteiger partial charge in [0.05, 0.1) is 13.1 Å². The fourth-order valence-corrected chi connectivity index (χ4v) is 2.50. The van der Waals surface area contributed by atoms with Crippen LogP contribution in [-0.4, -0.2) is 72.8 Å². The molecule has 20 heavy (non-hydrogen) atoms. The molecule has 0 aromatic rings. The zero-order valence-corrected chi connectivity index (χ0v) is 13.4. The number of likely N-dealkylation sites (tertiary alicyclic amines) is 1. The Balaban J connectivity index is 2.37. The van der Waals surface area contributed by atoms with Gasteiger partial charge in [-0.25, -0.2) is 0 Å². The molecule has 0 atom stereocenters. The Kier molecular flexibility index (Phi) is 6.99. The van der Waals surface area contributed by atoms with Crippen LogP contribution in [0.1, 0.15) is 33.6 Å². The first-order chi connectivity index (χ1) is 9.47. The summed E-state index contributed by atoms with van der Waals surface area (Å²) < 4.78 is 0. The molecule has 0 aliphatic carbocycles. The Morgan fingerprint density at radius 2 is 1.65 bits per heavy atom. The van der Waals surface area contributed by atoms with Crippen LogP contribution >= 0.6 is 0 Å². The normalized spacial score (nSPS) is 17.0. The molecule has 1 aliphatic rings. The summed E-state index contributed by atoms with van der Waals surface area (Å²) in [7, 11) is 1.72. The maximum atomic E-state index is 12.1. The minimum Gasteiger partial charge on any atom is -0.342 e. The molecule has 5 nitrogen and oxygen atoms in total. The molecule has 1 fully saturated rings. The number of hydrogen-bond donors (Lipinski definition) is 0. The highest BCUT2D eigenvalue weighted by molar-refractivity contribution is 5.85. The average molecular weight is 283 g/mol. The molecule has 1 saturated heterocycles. The number of carbonyl (C=O) groups is 2. The van der Waals surface area contributed by atoms with Gasteiger partial charge in [-0.15, -0.1) is 0 Å². The Morgan fingerprint density at radius 3 is 2.15 bits per heavy atom. The molecular weight excluding hydrogens is 254 g/mol. The van der Waals surface area contributed by atoms with E-state index < -0.39 is 0 Å². The highest BCUT2D eigenvalue weighted by atomic mass is 16.2. The second kappa shape index (κ2) is 8.25. The third-order valence-corrected chi connectivity index (χ3v) is 4.15. The van der Waals surface area contributed by atoms with Gasteiger partial charge in [-0.1, -0.05) is 6.92 Å². The Hall–Kier alpha value is -1.10. The van der Waals surface area contributed by atoms with Gasteiger partial charge in [-0.3, -0.25) is 14.5 Å². The molecule has 1 heterocycles. The lowest BCUT2D eigenvalue weighted by atomic mass is 9.99. The van der Waals surface area contributed by atoms with Crippen LogP contribution in [0.2, 0.25) is 0 Å². The summed E-state index contributed by atoms with van der Waals surface area (Å²) in [6.45, 7) is 10.2. The van der Waals surface area contributed by atoms with E-state index in [0.717, 1.165) is 31.8 Å². The summed E-state index contributed by atoms with van der Waals surface area (Å²) in [4.78, 5) is 29.6. The zero-order chi connectivity index (χ0) is 15.1. The largest absolute Gasteiger partial charge is 0.342 e. The smallest absolute Gasteiger partial charge is 0.242 e. The Bertz CT molecular complexity index is 321. The summed E-state index contributed by atoms with van der Waals surface area (Å²) in [5.74, 6) is 0.835. The molecule has 2 amide bonds. The van der Waals surface area contributed by atoms with E-state index in [1.54, 1.807) is 16.8 Å². The van der Waals surface area contributed by atoms with Gasteiger partial charge in [-0.2, -0.15) is 0 Å². The van der Waals surface area contributed by atoms with Gasteiger partial charge in [0.2, 0.25) is 11.8 Å². The van der Waals surface area contributed by atoms with E-state index in [0.29, 0.717) is 19.6 Å². The quantitative estimate of drug-likeness (QED) is 0.732. The first-order valence-corrected chi connectivity index (χ1v) is 7.72. The van der Waals surface area contributed by atoms with E-state index in [-0.39, 0.29) is 18.4 Å². The molecule has 0 spiro atoms. The minimum absolute atomic E-state index is 0.0260. The lowest BCUT2D eigenvalue weighted by Gasteiger charge is -2.31. The summed E-state index contributed by atoms with van der Waals surface area (Å²) in [5.41, 5.74) is 0. The molecule has 0 saturated carbocycles. The second-order valence-electron chi connectivity index (χ2n) is 5.77. The lowest BCUT2D eigenvalue weighted by Crippen LogP contribution is -2.45. The monoisotopic (exact) mass is 283 g/mol. The molecule has 1 rings (SSSR count). The van der Waals surface area contributed by atoms with Crippen molar-refractivity contribution < 1.29 is 9.59 Å². The Labute approximate surface area is 122 Å². The van der Waals surface area contributed by atoms with Crippen LogP contribution in [0, 0.1) is 5.92 Å². The molecule has 0 radical (unpaired) electrons. The molecule has 1 aliphatic heterocycles. The van der Waals surface area contributed by atoms with Gasteiger partial charge in [-0.05, 0) is 45.7 Å². The van der Waals surface area contributed by atoms with Gasteiger partial charge in [0.1, 0.15) is 0 Å². The van der Waals surface area contributed by atoms with Crippen LogP contribution in [0.5, 0.6) is 0 Å². The topological polar surface area (TPSA) is 43.9 Å². The van der Waals surface area contributed by atoms with Crippen LogP contribution in [0.3, 0.4) is 0 Å². The van der Waals surface area contributed by atoms with Crippen molar-refractivity contribution in [2.24, 2.45) is 5.92 Å². The lowest BCUT2D eigenvalue weighted by molar-refractivity contribution is -0.140. The van der Waals surface area contributed by atoms with E-state index in [1.807, 2.05) is 13.8 Å². The standard InChI is InChI=1S/C15H29N3O2/c1-5-18(6-2)15(20)11-16(4)14(19)12-17-9-7-13(3)8-10-17/h13H,5-12H2,1-4H3. The molecule has 5 heteroatoms. The molecule has 0 aromatic heterocycles. The zero-order valence-electron chi connectivity index (χ0n) is 13.4. The Morgan fingerprint density at radius 1 is 1.10 bits per heavy atom. The maximum Gasteiger partial charge on any atom is 0.242 e. The number of amides is 2. The van der Waals surface area contributed by atoms with Crippen LogP contribution < -0.4 is 0 Å². The maximum absolute atomic E-state index is 12.1. The van der Waals surface area contributed by atoms with Crippen molar-refractivity contribution >= 4 is 11.8 Å². The van der Waals surface area contributed by atoms with Crippen LogP contribution in [0.25, 0.3) is 0 Å². The van der Waals surface area contributed by atoms with Crippen LogP contribution in [0.15, 0.2) is 0 Å². The summed E-state index contributed by atoms with van der Waals surface area (Å²) >= 11 is 0. The fourth-order valence-electron chi connectivity index (χ4n) is 2.50. The van der Waals surface area contributed by atoms with Gasteiger partial charge in [0, 0.05) is 20.1 Å². The second-order valence-corrected chi connectivity index (χ2v) is 5.77. The van der Waals surface area contributed by atoms with Crippen molar-refractivity contribution in [2.45, 2.75) is 33.6 Å². The summed E-state index contributed by atoms with van der Waals surface area (Å²) in [6, 6.07) is 0. The molecule has 0 N–H and O–H groups in total.